The van der Waals surface area contributed by atoms with Crippen molar-refractivity contribution in [3.63, 3.8) is 0 Å². The molecule has 1 rings (SSSR count). The van der Waals surface area contributed by atoms with Gasteiger partial charge < -0.3 is 14.9 Å². The average molecular weight is 299 g/mol. The van der Waals surface area contributed by atoms with E-state index in [1.165, 1.54) is 6.92 Å². The van der Waals surface area contributed by atoms with Crippen LogP contribution in [0.2, 0.25) is 0 Å². The van der Waals surface area contributed by atoms with Crippen molar-refractivity contribution >= 4 is 17.9 Å². The Hall–Kier alpha value is -1.59. The van der Waals surface area contributed by atoms with Crippen molar-refractivity contribution in [2.24, 2.45) is 17.8 Å². The first kappa shape index (κ1) is 17.5. The Morgan fingerprint density at radius 2 is 1.57 bits per heavy atom. The van der Waals surface area contributed by atoms with Crippen LogP contribution in [0.1, 0.15) is 46.5 Å². The van der Waals surface area contributed by atoms with E-state index in [0.717, 1.165) is 12.8 Å². The zero-order valence-electron chi connectivity index (χ0n) is 12.7. The maximum Gasteiger partial charge on any atom is 0.310 e. The lowest BCUT2D eigenvalue weighted by Gasteiger charge is -2.30. The molecule has 1 fully saturated rings. The summed E-state index contributed by atoms with van der Waals surface area (Å²) < 4.78 is 5.25. The first-order valence-electron chi connectivity index (χ1n) is 7.21. The maximum absolute atomic E-state index is 12.2. The van der Waals surface area contributed by atoms with Gasteiger partial charge in [0.15, 0.2) is 0 Å². The Kier molecular flexibility index (Phi) is 6.18. The Morgan fingerprint density at radius 1 is 1.05 bits per heavy atom. The van der Waals surface area contributed by atoms with Crippen LogP contribution in [-0.2, 0) is 19.1 Å². The van der Waals surface area contributed by atoms with Gasteiger partial charge in [0.25, 0.3) is 0 Å². The quantitative estimate of drug-likeness (QED) is 0.729. The van der Waals surface area contributed by atoms with E-state index >= 15 is 0 Å². The van der Waals surface area contributed by atoms with E-state index in [9.17, 15) is 24.6 Å². The molecule has 1 aliphatic carbocycles. The molecular formula is C15H23O6. The number of hydrogen-bond acceptors (Lipinski definition) is 4. The second kappa shape index (κ2) is 7.43. The molecule has 4 unspecified atom stereocenters. The third kappa shape index (κ3) is 4.44. The fraction of sp³-hybridized carbons (Fsp3) is 0.733. The number of hydrogen-bond donors (Lipinski definition) is 2. The van der Waals surface area contributed by atoms with Crippen LogP contribution in [0.15, 0.2) is 0 Å². The molecule has 0 spiro atoms. The molecule has 119 valence electrons. The van der Waals surface area contributed by atoms with Gasteiger partial charge in [-0.05, 0) is 25.7 Å². The van der Waals surface area contributed by atoms with Gasteiger partial charge in [-0.15, -0.1) is 0 Å². The monoisotopic (exact) mass is 299 g/mol. The molecule has 0 heterocycles. The van der Waals surface area contributed by atoms with Gasteiger partial charge >= 0.3 is 17.9 Å². The van der Waals surface area contributed by atoms with Crippen LogP contribution in [0.5, 0.6) is 0 Å². The van der Waals surface area contributed by atoms with Gasteiger partial charge in [-0.25, -0.2) is 0 Å². The molecular weight excluding hydrogens is 276 g/mol. The third-order valence-corrected chi connectivity index (χ3v) is 4.05. The van der Waals surface area contributed by atoms with Crippen LogP contribution in [0, 0.1) is 23.7 Å². The molecule has 0 aromatic heterocycles. The summed E-state index contributed by atoms with van der Waals surface area (Å²) in [5, 5.41) is 18.3. The van der Waals surface area contributed by atoms with E-state index in [2.05, 4.69) is 0 Å². The Morgan fingerprint density at radius 3 is 2.00 bits per heavy atom. The van der Waals surface area contributed by atoms with E-state index in [0.29, 0.717) is 18.8 Å². The predicted octanol–water partition coefficient (Wildman–Crippen LogP) is 2.12. The molecule has 1 radical (unpaired) electrons. The van der Waals surface area contributed by atoms with Gasteiger partial charge in [-0.2, -0.15) is 0 Å². The lowest BCUT2D eigenvalue weighted by Crippen LogP contribution is -2.39. The standard InChI is InChI=1S/C15H23O6/c1-8(2)12(14(18)19)9(3)21-15(20)11-7-5-4-6-10(11)13(16)17/h9-12H,4-7H2,1-3H3,(H,16,17)(H,18,19). The highest BCUT2D eigenvalue weighted by molar-refractivity contribution is 5.82. The van der Waals surface area contributed by atoms with Gasteiger partial charge in [-0.3, -0.25) is 14.4 Å². The van der Waals surface area contributed by atoms with Crippen LogP contribution in [0.4, 0.5) is 0 Å². The van der Waals surface area contributed by atoms with Crippen molar-refractivity contribution in [2.45, 2.75) is 52.6 Å². The number of esters is 1. The molecule has 4 atom stereocenters. The SMILES string of the molecule is C[C](C)C(C(=O)O)C(C)OC(=O)C1CCCCC1C(=O)O. The summed E-state index contributed by atoms with van der Waals surface area (Å²) in [4.78, 5) is 34.6. The summed E-state index contributed by atoms with van der Waals surface area (Å²) in [6.45, 7) is 4.87. The first-order chi connectivity index (χ1) is 9.75. The Balaban J connectivity index is 2.74. The molecule has 1 saturated carbocycles. The lowest BCUT2D eigenvalue weighted by molar-refractivity contribution is -0.167. The minimum absolute atomic E-state index is 0.463. The molecule has 0 aromatic carbocycles. The topological polar surface area (TPSA) is 101 Å². The molecule has 2 N–H and O–H groups in total. The number of rotatable bonds is 6. The average Bonchev–Trinajstić information content (AvgIpc) is 2.37. The molecule has 0 saturated heterocycles. The fourth-order valence-electron chi connectivity index (χ4n) is 2.96. The zero-order chi connectivity index (χ0) is 16.2. The second-order valence-corrected chi connectivity index (χ2v) is 5.87. The van der Waals surface area contributed by atoms with E-state index < -0.39 is 41.8 Å². The van der Waals surface area contributed by atoms with Gasteiger partial charge in [0.05, 0.1) is 17.8 Å². The van der Waals surface area contributed by atoms with E-state index in [4.69, 9.17) is 4.74 Å². The summed E-state index contributed by atoms with van der Waals surface area (Å²) in [7, 11) is 0. The van der Waals surface area contributed by atoms with Crippen LogP contribution < -0.4 is 0 Å². The maximum atomic E-state index is 12.2. The summed E-state index contributed by atoms with van der Waals surface area (Å²) in [5.41, 5.74) is 0. The minimum atomic E-state index is -1.05. The zero-order valence-corrected chi connectivity index (χ0v) is 12.7. The highest BCUT2D eigenvalue weighted by Crippen LogP contribution is 2.32. The van der Waals surface area contributed by atoms with Crippen molar-refractivity contribution in [2.75, 3.05) is 0 Å². The largest absolute Gasteiger partial charge is 0.481 e. The van der Waals surface area contributed by atoms with E-state index in [1.54, 1.807) is 13.8 Å². The van der Waals surface area contributed by atoms with Crippen LogP contribution in [0.3, 0.4) is 0 Å². The van der Waals surface area contributed by atoms with Crippen LogP contribution >= 0.6 is 0 Å². The molecule has 0 bridgehead atoms. The van der Waals surface area contributed by atoms with Crippen molar-refractivity contribution < 1.29 is 29.3 Å². The van der Waals surface area contributed by atoms with Crippen LogP contribution in [0.25, 0.3) is 0 Å². The Labute approximate surface area is 124 Å². The van der Waals surface area contributed by atoms with Gasteiger partial charge in [-0.1, -0.05) is 26.7 Å². The normalized spacial score (nSPS) is 25.1. The van der Waals surface area contributed by atoms with Gasteiger partial charge in [0.2, 0.25) is 0 Å². The molecule has 0 amide bonds. The summed E-state index contributed by atoms with van der Waals surface area (Å²) >= 11 is 0. The van der Waals surface area contributed by atoms with Crippen molar-refractivity contribution in [3.8, 4) is 0 Å². The highest BCUT2D eigenvalue weighted by Gasteiger charge is 2.39. The third-order valence-electron chi connectivity index (χ3n) is 4.05. The minimum Gasteiger partial charge on any atom is -0.481 e. The second-order valence-electron chi connectivity index (χ2n) is 5.87. The van der Waals surface area contributed by atoms with E-state index in [-0.39, 0.29) is 0 Å². The number of carboxylic acids is 2. The number of ether oxygens (including phenoxy) is 1. The molecule has 21 heavy (non-hydrogen) atoms. The number of carboxylic acid groups (broad SMARTS) is 2. The molecule has 0 aromatic rings. The first-order valence-corrected chi connectivity index (χ1v) is 7.21. The molecule has 0 aliphatic heterocycles. The predicted molar refractivity (Wildman–Crippen MR) is 74.4 cm³/mol. The van der Waals surface area contributed by atoms with Gasteiger partial charge in [0.1, 0.15) is 6.10 Å². The summed E-state index contributed by atoms with van der Waals surface area (Å²) in [6.07, 6.45) is 1.71. The van der Waals surface area contributed by atoms with Gasteiger partial charge in [0, 0.05) is 0 Å². The smallest absolute Gasteiger partial charge is 0.310 e. The van der Waals surface area contributed by atoms with E-state index in [1.807, 2.05) is 0 Å². The Bertz CT molecular complexity index is 403. The fourth-order valence-corrected chi connectivity index (χ4v) is 2.96. The number of aliphatic carboxylic acids is 2. The number of carbonyl (C=O) groups is 3. The summed E-state index contributed by atoms with van der Waals surface area (Å²) in [6, 6.07) is 0. The number of carbonyl (C=O) groups excluding carboxylic acids is 1. The highest BCUT2D eigenvalue weighted by atomic mass is 16.5. The van der Waals surface area contributed by atoms with Crippen molar-refractivity contribution in [1.82, 2.24) is 0 Å². The molecule has 6 heteroatoms. The van der Waals surface area contributed by atoms with Crippen LogP contribution in [-0.4, -0.2) is 34.2 Å². The van der Waals surface area contributed by atoms with Crippen molar-refractivity contribution in [1.29, 1.82) is 0 Å². The summed E-state index contributed by atoms with van der Waals surface area (Å²) in [5.74, 6) is -4.27. The lowest BCUT2D eigenvalue weighted by atomic mass is 9.79. The molecule has 6 nitrogen and oxygen atoms in total. The molecule has 1 aliphatic rings. The van der Waals surface area contributed by atoms with Crippen molar-refractivity contribution in [3.05, 3.63) is 5.92 Å².